The molecule has 0 spiro atoms. The van der Waals surface area contributed by atoms with Crippen LogP contribution in [0.3, 0.4) is 0 Å². The second-order valence-electron chi connectivity index (χ2n) is 4.47. The summed E-state index contributed by atoms with van der Waals surface area (Å²) in [6, 6.07) is -0.802. The summed E-state index contributed by atoms with van der Waals surface area (Å²) in [5, 5.41) is 2.75. The molecule has 1 N–H and O–H groups in total. The average Bonchev–Trinajstić information content (AvgIpc) is 2.75. The van der Waals surface area contributed by atoms with E-state index in [9.17, 15) is 9.59 Å². The summed E-state index contributed by atoms with van der Waals surface area (Å²) < 4.78 is 0. The van der Waals surface area contributed by atoms with E-state index in [0.717, 1.165) is 10.6 Å². The smallest absolute Gasteiger partial charge is 0.246 e. The van der Waals surface area contributed by atoms with Crippen LogP contribution >= 0.6 is 11.3 Å². The molecule has 0 aliphatic carbocycles. The maximum absolute atomic E-state index is 12.2. The predicted octanol–water partition coefficient (Wildman–Crippen LogP) is 1.08. The number of rotatable bonds is 3. The normalized spacial score (nSPS) is 24.3. The van der Waals surface area contributed by atoms with E-state index in [-0.39, 0.29) is 17.9 Å². The van der Waals surface area contributed by atoms with Gasteiger partial charge < -0.3 is 10.2 Å². The molecule has 1 saturated heterocycles. The van der Waals surface area contributed by atoms with Gasteiger partial charge in [0.15, 0.2) is 0 Å². The number of aryl methyl sites for hydroxylation is 1. The van der Waals surface area contributed by atoms with Crippen molar-refractivity contribution < 1.29 is 9.59 Å². The van der Waals surface area contributed by atoms with Crippen molar-refractivity contribution in [2.45, 2.75) is 45.8 Å². The van der Waals surface area contributed by atoms with Crippen molar-refractivity contribution in [3.8, 4) is 0 Å². The number of aromatic nitrogens is 1. The molecule has 1 aromatic rings. The molecule has 1 aliphatic rings. The maximum atomic E-state index is 12.2. The minimum absolute atomic E-state index is 0.00241. The molecule has 2 atom stereocenters. The zero-order valence-electron chi connectivity index (χ0n) is 10.8. The molecular formula is C12H17N3O2S. The first kappa shape index (κ1) is 13.0. The van der Waals surface area contributed by atoms with Gasteiger partial charge >= 0.3 is 0 Å². The van der Waals surface area contributed by atoms with E-state index in [2.05, 4.69) is 10.3 Å². The largest absolute Gasteiger partial charge is 0.343 e. The van der Waals surface area contributed by atoms with Crippen LogP contribution in [0.5, 0.6) is 0 Å². The number of nitrogens with one attached hydrogen (secondary N) is 1. The number of hydrogen-bond donors (Lipinski definition) is 1. The minimum Gasteiger partial charge on any atom is -0.343 e. The van der Waals surface area contributed by atoms with Gasteiger partial charge in [0.1, 0.15) is 12.1 Å². The van der Waals surface area contributed by atoms with Crippen LogP contribution in [-0.2, 0) is 16.1 Å². The van der Waals surface area contributed by atoms with Crippen molar-refractivity contribution in [3.05, 3.63) is 16.1 Å². The van der Waals surface area contributed by atoms with Crippen molar-refractivity contribution >= 4 is 23.2 Å². The van der Waals surface area contributed by atoms with Gasteiger partial charge in [0.25, 0.3) is 0 Å². The zero-order chi connectivity index (χ0) is 13.3. The number of carbonyl (C=O) groups is 2. The lowest BCUT2D eigenvalue weighted by atomic mass is 10.1. The van der Waals surface area contributed by atoms with Crippen LogP contribution in [0.1, 0.15) is 30.8 Å². The third-order valence-corrected chi connectivity index (χ3v) is 4.23. The Balaban J connectivity index is 2.21. The van der Waals surface area contributed by atoms with Crippen LogP contribution < -0.4 is 5.32 Å². The molecular weight excluding hydrogens is 250 g/mol. The second-order valence-corrected chi connectivity index (χ2v) is 5.41. The highest BCUT2D eigenvalue weighted by molar-refractivity contribution is 7.09. The summed E-state index contributed by atoms with van der Waals surface area (Å²) in [5.41, 5.74) is 2.69. The fraction of sp³-hybridized carbons (Fsp3) is 0.583. The van der Waals surface area contributed by atoms with Gasteiger partial charge in [0.05, 0.1) is 17.7 Å². The topological polar surface area (TPSA) is 62.3 Å². The van der Waals surface area contributed by atoms with Crippen molar-refractivity contribution in [1.82, 2.24) is 15.2 Å². The standard InChI is InChI=1S/C12H17N3O2S/c1-4-9-12(17)15(8(3)11(16)14-9)5-10-7(2)13-6-18-10/h6,8-9H,4-5H2,1-3H3,(H,14,16). The Labute approximate surface area is 110 Å². The Morgan fingerprint density at radius 2 is 2.22 bits per heavy atom. The average molecular weight is 267 g/mol. The molecule has 0 saturated carbocycles. The number of carbonyl (C=O) groups excluding carboxylic acids is 2. The number of piperazine rings is 1. The van der Waals surface area contributed by atoms with Crippen LogP contribution in [0, 0.1) is 6.92 Å². The Kier molecular flexibility index (Phi) is 3.65. The summed E-state index contributed by atoms with van der Waals surface area (Å²) in [6.07, 6.45) is 0.621. The first-order valence-corrected chi connectivity index (χ1v) is 6.92. The fourth-order valence-electron chi connectivity index (χ4n) is 2.01. The lowest BCUT2D eigenvalue weighted by Crippen LogP contribution is -2.61. The summed E-state index contributed by atoms with van der Waals surface area (Å²) >= 11 is 1.52. The molecule has 6 heteroatoms. The van der Waals surface area contributed by atoms with E-state index in [1.54, 1.807) is 17.3 Å². The van der Waals surface area contributed by atoms with Crippen LogP contribution in [0.4, 0.5) is 0 Å². The molecule has 98 valence electrons. The summed E-state index contributed by atoms with van der Waals surface area (Å²) in [7, 11) is 0. The first-order chi connectivity index (χ1) is 8.54. The van der Waals surface area contributed by atoms with Gasteiger partial charge in [-0.1, -0.05) is 6.92 Å². The maximum Gasteiger partial charge on any atom is 0.246 e. The quantitative estimate of drug-likeness (QED) is 0.891. The molecule has 2 amide bonds. The van der Waals surface area contributed by atoms with Gasteiger partial charge in [-0.2, -0.15) is 0 Å². The Bertz CT molecular complexity index is 472. The lowest BCUT2D eigenvalue weighted by Gasteiger charge is -2.36. The van der Waals surface area contributed by atoms with Gasteiger partial charge in [-0.25, -0.2) is 4.98 Å². The van der Waals surface area contributed by atoms with Gasteiger partial charge in [-0.3, -0.25) is 9.59 Å². The molecule has 18 heavy (non-hydrogen) atoms. The van der Waals surface area contributed by atoms with Crippen molar-refractivity contribution in [2.75, 3.05) is 0 Å². The molecule has 0 aromatic carbocycles. The summed E-state index contributed by atoms with van der Waals surface area (Å²) in [6.45, 7) is 6.05. The molecule has 1 aliphatic heterocycles. The molecule has 0 radical (unpaired) electrons. The fourth-order valence-corrected chi connectivity index (χ4v) is 2.79. The second kappa shape index (κ2) is 5.06. The molecule has 2 unspecified atom stereocenters. The van der Waals surface area contributed by atoms with Crippen molar-refractivity contribution in [2.24, 2.45) is 0 Å². The highest BCUT2D eigenvalue weighted by Crippen LogP contribution is 2.20. The third-order valence-electron chi connectivity index (χ3n) is 3.31. The van der Waals surface area contributed by atoms with Gasteiger partial charge in [-0.15, -0.1) is 11.3 Å². The number of hydrogen-bond acceptors (Lipinski definition) is 4. The van der Waals surface area contributed by atoms with E-state index in [1.165, 1.54) is 11.3 Å². The molecule has 1 aromatic heterocycles. The Morgan fingerprint density at radius 1 is 1.50 bits per heavy atom. The Morgan fingerprint density at radius 3 is 2.78 bits per heavy atom. The van der Waals surface area contributed by atoms with E-state index < -0.39 is 6.04 Å². The highest BCUT2D eigenvalue weighted by atomic mass is 32.1. The van der Waals surface area contributed by atoms with Gasteiger partial charge in [-0.05, 0) is 20.3 Å². The Hall–Kier alpha value is -1.43. The first-order valence-electron chi connectivity index (χ1n) is 6.04. The van der Waals surface area contributed by atoms with Crippen LogP contribution in [-0.4, -0.2) is 33.8 Å². The van der Waals surface area contributed by atoms with E-state index in [4.69, 9.17) is 0 Å². The van der Waals surface area contributed by atoms with Crippen LogP contribution in [0.15, 0.2) is 5.51 Å². The van der Waals surface area contributed by atoms with Crippen molar-refractivity contribution in [3.63, 3.8) is 0 Å². The number of nitrogens with zero attached hydrogens (tertiary/aromatic N) is 2. The van der Waals surface area contributed by atoms with Crippen LogP contribution in [0.25, 0.3) is 0 Å². The monoisotopic (exact) mass is 267 g/mol. The molecule has 0 bridgehead atoms. The van der Waals surface area contributed by atoms with Crippen molar-refractivity contribution in [1.29, 1.82) is 0 Å². The van der Waals surface area contributed by atoms with Gasteiger partial charge in [0, 0.05) is 4.88 Å². The molecule has 2 heterocycles. The van der Waals surface area contributed by atoms with E-state index >= 15 is 0 Å². The molecule has 2 rings (SSSR count). The number of amides is 2. The summed E-state index contributed by atoms with van der Waals surface area (Å²) in [5.74, 6) is -0.0824. The zero-order valence-corrected chi connectivity index (χ0v) is 11.6. The summed E-state index contributed by atoms with van der Waals surface area (Å²) in [4.78, 5) is 30.9. The lowest BCUT2D eigenvalue weighted by molar-refractivity contribution is -0.149. The van der Waals surface area contributed by atoms with Crippen LogP contribution in [0.2, 0.25) is 0 Å². The molecule has 1 fully saturated rings. The minimum atomic E-state index is -0.415. The SMILES string of the molecule is CCC1NC(=O)C(C)N(Cc2scnc2C)C1=O. The van der Waals surface area contributed by atoms with Gasteiger partial charge in [0.2, 0.25) is 11.8 Å². The van der Waals surface area contributed by atoms with E-state index in [0.29, 0.717) is 13.0 Å². The van der Waals surface area contributed by atoms with E-state index in [1.807, 2.05) is 13.8 Å². The number of thiazole rings is 1. The predicted molar refractivity (Wildman–Crippen MR) is 69.1 cm³/mol. The molecule has 5 nitrogen and oxygen atoms in total. The third kappa shape index (κ3) is 2.25. The highest BCUT2D eigenvalue weighted by Gasteiger charge is 2.37.